The smallest absolute Gasteiger partial charge is 0.138 e. The Balaban J connectivity index is 1.95. The first-order chi connectivity index (χ1) is 10.2. The quantitative estimate of drug-likeness (QED) is 0.883. The molecule has 0 aromatic heterocycles. The van der Waals surface area contributed by atoms with Gasteiger partial charge >= 0.3 is 0 Å². The second kappa shape index (κ2) is 6.77. The molecule has 0 bridgehead atoms. The summed E-state index contributed by atoms with van der Waals surface area (Å²) in [4.78, 5) is 2.42. The third kappa shape index (κ3) is 4.15. The fourth-order valence-electron chi connectivity index (χ4n) is 3.55. The van der Waals surface area contributed by atoms with Gasteiger partial charge in [-0.3, -0.25) is 4.90 Å². The summed E-state index contributed by atoms with van der Waals surface area (Å²) in [7, 11) is 0. The lowest BCUT2D eigenvalue weighted by atomic mass is 9.79. The first kappa shape index (κ1) is 17.6. The summed E-state index contributed by atoms with van der Waals surface area (Å²) >= 11 is 6.07. The predicted octanol–water partition coefficient (Wildman–Crippen LogP) is 4.12. The number of nitrogens with zero attached hydrogens (tertiary/aromatic N) is 1. The third-order valence-corrected chi connectivity index (χ3v) is 5.01. The van der Waals surface area contributed by atoms with E-state index in [1.807, 2.05) is 18.2 Å². The molecule has 1 heterocycles. The van der Waals surface area contributed by atoms with E-state index in [2.05, 4.69) is 32.6 Å². The van der Waals surface area contributed by atoms with Crippen LogP contribution in [0.25, 0.3) is 0 Å². The standard InChI is InChI=1S/C18H28ClNO2/c1-17(2)10-7-11-18(3,4)20(17)12-14(21)13-22-16-9-6-5-8-15(16)19/h5-6,8-9,14,21H,7,10-13H2,1-4H3. The molecule has 0 saturated carbocycles. The lowest BCUT2D eigenvalue weighted by molar-refractivity contribution is -0.0606. The molecule has 1 saturated heterocycles. The van der Waals surface area contributed by atoms with Crippen molar-refractivity contribution in [1.82, 2.24) is 4.90 Å². The van der Waals surface area contributed by atoms with Crippen molar-refractivity contribution in [3.63, 3.8) is 0 Å². The average Bonchev–Trinajstić information content (AvgIpc) is 2.42. The Hall–Kier alpha value is -0.770. The number of aliphatic hydroxyl groups excluding tert-OH is 1. The molecule has 1 aliphatic heterocycles. The number of likely N-dealkylation sites (tertiary alicyclic amines) is 1. The highest BCUT2D eigenvalue weighted by molar-refractivity contribution is 6.32. The Morgan fingerprint density at radius 3 is 2.36 bits per heavy atom. The minimum absolute atomic E-state index is 0.104. The second-order valence-electron chi connectivity index (χ2n) is 7.48. The number of aliphatic hydroxyl groups is 1. The lowest BCUT2D eigenvalue weighted by Crippen LogP contribution is -2.60. The zero-order chi connectivity index (χ0) is 16.4. The molecule has 1 N–H and O–H groups in total. The number of benzene rings is 1. The van der Waals surface area contributed by atoms with Gasteiger partial charge in [-0.05, 0) is 59.1 Å². The number of halogens is 1. The van der Waals surface area contributed by atoms with Crippen LogP contribution in [0.1, 0.15) is 47.0 Å². The van der Waals surface area contributed by atoms with Crippen molar-refractivity contribution in [3.8, 4) is 5.75 Å². The van der Waals surface area contributed by atoms with Crippen LogP contribution in [0.5, 0.6) is 5.75 Å². The minimum Gasteiger partial charge on any atom is -0.489 e. The third-order valence-electron chi connectivity index (χ3n) is 4.70. The maximum atomic E-state index is 10.4. The molecule has 1 aromatic rings. The number of rotatable bonds is 5. The van der Waals surface area contributed by atoms with Crippen molar-refractivity contribution in [2.45, 2.75) is 64.1 Å². The molecule has 1 aromatic carbocycles. The molecule has 22 heavy (non-hydrogen) atoms. The molecule has 3 nitrogen and oxygen atoms in total. The van der Waals surface area contributed by atoms with Gasteiger partial charge in [-0.2, -0.15) is 0 Å². The number of hydrogen-bond donors (Lipinski definition) is 1. The van der Waals surface area contributed by atoms with Gasteiger partial charge in [0.1, 0.15) is 18.5 Å². The first-order valence-electron chi connectivity index (χ1n) is 8.05. The zero-order valence-corrected chi connectivity index (χ0v) is 14.9. The van der Waals surface area contributed by atoms with E-state index in [1.165, 1.54) is 6.42 Å². The van der Waals surface area contributed by atoms with Crippen molar-refractivity contribution in [1.29, 1.82) is 0 Å². The fraction of sp³-hybridized carbons (Fsp3) is 0.667. The minimum atomic E-state index is -0.534. The zero-order valence-electron chi connectivity index (χ0n) is 14.1. The van der Waals surface area contributed by atoms with Crippen LogP contribution in [0.2, 0.25) is 5.02 Å². The van der Waals surface area contributed by atoms with E-state index in [4.69, 9.17) is 16.3 Å². The monoisotopic (exact) mass is 325 g/mol. The van der Waals surface area contributed by atoms with Crippen LogP contribution in [-0.4, -0.2) is 40.3 Å². The molecule has 4 heteroatoms. The second-order valence-corrected chi connectivity index (χ2v) is 7.89. The Kier molecular flexibility index (Phi) is 5.41. The van der Waals surface area contributed by atoms with Gasteiger partial charge < -0.3 is 9.84 Å². The predicted molar refractivity (Wildman–Crippen MR) is 91.7 cm³/mol. The number of β-amino-alcohol motifs (C(OH)–C–C–N with tert-alkyl or cyclic N) is 1. The molecule has 1 aliphatic rings. The summed E-state index contributed by atoms with van der Waals surface area (Å²) in [6.07, 6.45) is 3.03. The number of hydrogen-bond acceptors (Lipinski definition) is 3. The summed E-state index contributed by atoms with van der Waals surface area (Å²) in [6.45, 7) is 9.91. The normalized spacial score (nSPS) is 22.3. The van der Waals surface area contributed by atoms with Crippen LogP contribution in [0.4, 0.5) is 0 Å². The van der Waals surface area contributed by atoms with E-state index in [9.17, 15) is 5.11 Å². The van der Waals surface area contributed by atoms with Crippen LogP contribution >= 0.6 is 11.6 Å². The average molecular weight is 326 g/mol. The van der Waals surface area contributed by atoms with E-state index in [0.717, 1.165) is 12.8 Å². The van der Waals surface area contributed by atoms with E-state index >= 15 is 0 Å². The highest BCUT2D eigenvalue weighted by Crippen LogP contribution is 2.38. The molecule has 1 atom stereocenters. The molecular formula is C18H28ClNO2. The highest BCUT2D eigenvalue weighted by Gasteiger charge is 2.41. The van der Waals surface area contributed by atoms with Gasteiger partial charge in [-0.25, -0.2) is 0 Å². The molecule has 124 valence electrons. The topological polar surface area (TPSA) is 32.7 Å². The molecule has 0 aliphatic carbocycles. The van der Waals surface area contributed by atoms with Crippen molar-refractivity contribution < 1.29 is 9.84 Å². The van der Waals surface area contributed by atoms with Gasteiger partial charge in [0, 0.05) is 17.6 Å². The molecule has 1 fully saturated rings. The maximum Gasteiger partial charge on any atom is 0.138 e. The molecule has 2 rings (SSSR count). The van der Waals surface area contributed by atoms with Crippen molar-refractivity contribution in [3.05, 3.63) is 29.3 Å². The largest absolute Gasteiger partial charge is 0.489 e. The summed E-state index contributed by atoms with van der Waals surface area (Å²) in [6, 6.07) is 7.36. The van der Waals surface area contributed by atoms with Crippen LogP contribution in [-0.2, 0) is 0 Å². The van der Waals surface area contributed by atoms with E-state index < -0.39 is 6.10 Å². The van der Waals surface area contributed by atoms with Crippen molar-refractivity contribution in [2.24, 2.45) is 0 Å². The molecular weight excluding hydrogens is 298 g/mol. The van der Waals surface area contributed by atoms with Crippen molar-refractivity contribution in [2.75, 3.05) is 13.2 Å². The summed E-state index contributed by atoms with van der Waals surface area (Å²) in [5, 5.41) is 11.0. The Morgan fingerprint density at radius 1 is 1.18 bits per heavy atom. The van der Waals surface area contributed by atoms with Gasteiger partial charge in [0.2, 0.25) is 0 Å². The van der Waals surface area contributed by atoms with Gasteiger partial charge in [0.15, 0.2) is 0 Å². The van der Waals surface area contributed by atoms with Crippen LogP contribution in [0.3, 0.4) is 0 Å². The van der Waals surface area contributed by atoms with Crippen LogP contribution < -0.4 is 4.74 Å². The first-order valence-corrected chi connectivity index (χ1v) is 8.43. The summed E-state index contributed by atoms with van der Waals surface area (Å²) < 4.78 is 5.67. The maximum absolute atomic E-state index is 10.4. The highest BCUT2D eigenvalue weighted by atomic mass is 35.5. The van der Waals surface area contributed by atoms with Crippen molar-refractivity contribution >= 4 is 11.6 Å². The van der Waals surface area contributed by atoms with Gasteiger partial charge in [0.05, 0.1) is 5.02 Å². The van der Waals surface area contributed by atoms with E-state index in [-0.39, 0.29) is 17.7 Å². The summed E-state index contributed by atoms with van der Waals surface area (Å²) in [5.74, 6) is 0.625. The van der Waals surface area contributed by atoms with Gasteiger partial charge in [-0.1, -0.05) is 23.7 Å². The Morgan fingerprint density at radius 2 is 1.77 bits per heavy atom. The molecule has 1 unspecified atom stereocenters. The number of piperidine rings is 1. The number of para-hydroxylation sites is 1. The van der Waals surface area contributed by atoms with Gasteiger partial charge in [0.25, 0.3) is 0 Å². The lowest BCUT2D eigenvalue weighted by Gasteiger charge is -2.53. The van der Waals surface area contributed by atoms with Gasteiger partial charge in [-0.15, -0.1) is 0 Å². The van der Waals surface area contributed by atoms with E-state index in [0.29, 0.717) is 17.3 Å². The fourth-order valence-corrected chi connectivity index (χ4v) is 3.74. The molecule has 0 radical (unpaired) electrons. The van der Waals surface area contributed by atoms with Crippen LogP contribution in [0.15, 0.2) is 24.3 Å². The summed E-state index contributed by atoms with van der Waals surface area (Å²) in [5.41, 5.74) is 0.209. The van der Waals surface area contributed by atoms with E-state index in [1.54, 1.807) is 6.07 Å². The Bertz CT molecular complexity index is 486. The number of ether oxygens (including phenoxy) is 1. The molecule has 0 amide bonds. The SMILES string of the molecule is CC1(C)CCCC(C)(C)N1CC(O)COc1ccccc1Cl. The van der Waals surface area contributed by atoms with Crippen LogP contribution in [0, 0.1) is 0 Å². The molecule has 0 spiro atoms. The Labute approximate surface area is 139 Å².